The van der Waals surface area contributed by atoms with E-state index in [1.54, 1.807) is 6.07 Å². The van der Waals surface area contributed by atoms with Crippen molar-refractivity contribution in [1.29, 1.82) is 0 Å². The van der Waals surface area contributed by atoms with Crippen LogP contribution < -0.4 is 10.1 Å². The highest BCUT2D eigenvalue weighted by Crippen LogP contribution is 2.35. The molecule has 2 heterocycles. The van der Waals surface area contributed by atoms with Crippen LogP contribution in [-0.4, -0.2) is 39.5 Å². The number of carbonyl (C=O) groups is 1. The molecule has 0 radical (unpaired) electrons. The maximum atomic E-state index is 13.4. The molecule has 30 heavy (non-hydrogen) atoms. The number of methoxy groups -OCH3 is 1. The summed E-state index contributed by atoms with van der Waals surface area (Å²) in [4.78, 5) is 16.6. The van der Waals surface area contributed by atoms with Crippen molar-refractivity contribution in [2.45, 2.75) is 38.6 Å². The van der Waals surface area contributed by atoms with Gasteiger partial charge in [-0.1, -0.05) is 0 Å². The van der Waals surface area contributed by atoms with Crippen LogP contribution in [0.4, 0.5) is 10.1 Å². The fraction of sp³-hybridized carbons (Fsp3) is 0.409. The number of carbonyl (C=O) groups excluding carboxylic acids is 1. The average Bonchev–Trinajstić information content (AvgIpc) is 3.18. The fourth-order valence-electron chi connectivity index (χ4n) is 3.97. The number of benzene rings is 1. The number of pyridine rings is 1. The highest BCUT2D eigenvalue weighted by Gasteiger charge is 2.23. The Hall–Kier alpha value is -3.00. The lowest BCUT2D eigenvalue weighted by atomic mass is 9.87. The smallest absolute Gasteiger partial charge is 0.274 e. The Kier molecular flexibility index (Phi) is 5.67. The monoisotopic (exact) mass is 412 g/mol. The lowest BCUT2D eigenvalue weighted by Crippen LogP contribution is -2.20. The van der Waals surface area contributed by atoms with E-state index in [0.29, 0.717) is 23.4 Å². The number of nitrogens with one attached hydrogen (secondary N) is 1. The Morgan fingerprint density at radius 3 is 2.73 bits per heavy atom. The number of hydrogen-bond donors (Lipinski definition) is 2. The van der Waals surface area contributed by atoms with Crippen LogP contribution in [0.5, 0.6) is 5.75 Å². The van der Waals surface area contributed by atoms with E-state index in [2.05, 4.69) is 10.3 Å². The molecule has 2 N–H and O–H groups in total. The summed E-state index contributed by atoms with van der Waals surface area (Å²) in [5.41, 5.74) is 1.59. The van der Waals surface area contributed by atoms with Gasteiger partial charge in [-0.25, -0.2) is 9.37 Å². The Balaban J connectivity index is 1.59. The molecule has 7 nitrogen and oxygen atoms in total. The van der Waals surface area contributed by atoms with Gasteiger partial charge in [-0.2, -0.15) is 5.10 Å². The maximum Gasteiger partial charge on any atom is 0.274 e. The number of amides is 1. The minimum Gasteiger partial charge on any atom is -0.494 e. The van der Waals surface area contributed by atoms with E-state index in [1.807, 2.05) is 16.9 Å². The minimum atomic E-state index is -0.453. The molecule has 4 rings (SSSR count). The van der Waals surface area contributed by atoms with E-state index in [1.165, 1.54) is 26.2 Å². The molecule has 3 aromatic rings. The number of fused-ring (bicyclic) bond motifs is 1. The van der Waals surface area contributed by atoms with Gasteiger partial charge in [0.15, 0.2) is 0 Å². The van der Waals surface area contributed by atoms with Crippen LogP contribution >= 0.6 is 0 Å². The first kappa shape index (κ1) is 20.3. The second kappa shape index (κ2) is 8.39. The van der Waals surface area contributed by atoms with Crippen LogP contribution in [0.1, 0.15) is 47.9 Å². The van der Waals surface area contributed by atoms with Crippen LogP contribution in [0.15, 0.2) is 30.5 Å². The van der Waals surface area contributed by atoms with Gasteiger partial charge >= 0.3 is 0 Å². The quantitative estimate of drug-likeness (QED) is 0.664. The summed E-state index contributed by atoms with van der Waals surface area (Å²) in [5, 5.41) is 17.7. The van der Waals surface area contributed by atoms with E-state index >= 15 is 0 Å². The molecule has 1 aliphatic rings. The van der Waals surface area contributed by atoms with Crippen LogP contribution in [0.2, 0.25) is 0 Å². The van der Waals surface area contributed by atoms with Gasteiger partial charge in [0.2, 0.25) is 0 Å². The van der Waals surface area contributed by atoms with Crippen molar-refractivity contribution < 1.29 is 19.0 Å². The fourth-order valence-corrected chi connectivity index (χ4v) is 3.97. The summed E-state index contributed by atoms with van der Waals surface area (Å²) in [6, 6.07) is 6.50. The van der Waals surface area contributed by atoms with Crippen molar-refractivity contribution in [3.63, 3.8) is 0 Å². The third-order valence-corrected chi connectivity index (χ3v) is 5.79. The lowest BCUT2D eigenvalue weighted by Gasteiger charge is -2.27. The van der Waals surface area contributed by atoms with Crippen LogP contribution in [-0.2, 0) is 0 Å². The molecule has 2 aromatic heterocycles. The first-order valence-electron chi connectivity index (χ1n) is 10.1. The molecule has 0 saturated heterocycles. The third-order valence-electron chi connectivity index (χ3n) is 5.79. The Morgan fingerprint density at radius 1 is 1.30 bits per heavy atom. The standard InChI is InChI=1S/C22H25FN4O3/c1-13-17(23)7-8-18(24-13)22(29)25-20-9-15-11-27(26-19(15)10-21(20)30-2)16-5-3-14(12-28)4-6-16/h7-11,14,16,28H,3-6,12H2,1-2H3,(H,25,29)/t14-,16-. The Labute approximate surface area is 173 Å². The highest BCUT2D eigenvalue weighted by atomic mass is 19.1. The van der Waals surface area contributed by atoms with Gasteiger partial charge in [-0.15, -0.1) is 0 Å². The van der Waals surface area contributed by atoms with Crippen molar-refractivity contribution in [2.24, 2.45) is 5.92 Å². The molecule has 0 unspecified atom stereocenters. The number of anilines is 1. The first-order chi connectivity index (χ1) is 14.5. The zero-order chi connectivity index (χ0) is 21.3. The molecule has 1 aromatic carbocycles. The zero-order valence-corrected chi connectivity index (χ0v) is 17.1. The maximum absolute atomic E-state index is 13.4. The summed E-state index contributed by atoms with van der Waals surface area (Å²) < 4.78 is 20.9. The molecule has 0 atom stereocenters. The topological polar surface area (TPSA) is 89.3 Å². The number of rotatable bonds is 5. The summed E-state index contributed by atoms with van der Waals surface area (Å²) >= 11 is 0. The van der Waals surface area contributed by atoms with Gasteiger partial charge in [0.05, 0.1) is 30.0 Å². The van der Waals surface area contributed by atoms with Gasteiger partial charge in [0.1, 0.15) is 17.3 Å². The zero-order valence-electron chi connectivity index (χ0n) is 17.1. The molecule has 8 heteroatoms. The second-order valence-electron chi connectivity index (χ2n) is 7.80. The Morgan fingerprint density at radius 2 is 2.07 bits per heavy atom. The minimum absolute atomic E-state index is 0.132. The molecular formula is C22H25FN4O3. The summed E-state index contributed by atoms with van der Waals surface area (Å²) in [6.45, 7) is 1.76. The van der Waals surface area contributed by atoms with Crippen molar-refractivity contribution in [3.05, 3.63) is 47.7 Å². The third kappa shape index (κ3) is 4.00. The van der Waals surface area contributed by atoms with E-state index in [9.17, 15) is 14.3 Å². The number of aromatic nitrogens is 3. The van der Waals surface area contributed by atoms with Crippen LogP contribution in [0.25, 0.3) is 10.9 Å². The summed E-state index contributed by atoms with van der Waals surface area (Å²) in [7, 11) is 1.53. The lowest BCUT2D eigenvalue weighted by molar-refractivity contribution is 0.102. The van der Waals surface area contributed by atoms with Crippen molar-refractivity contribution in [3.8, 4) is 5.75 Å². The van der Waals surface area contributed by atoms with Gasteiger partial charge in [0.25, 0.3) is 5.91 Å². The number of aliphatic hydroxyl groups excluding tert-OH is 1. The number of nitrogens with zero attached hydrogens (tertiary/aromatic N) is 3. The van der Waals surface area contributed by atoms with E-state index in [0.717, 1.165) is 36.6 Å². The predicted octanol–water partition coefficient (Wildman–Crippen LogP) is 3.86. The van der Waals surface area contributed by atoms with E-state index in [4.69, 9.17) is 9.84 Å². The van der Waals surface area contributed by atoms with Crippen LogP contribution in [0.3, 0.4) is 0 Å². The SMILES string of the molecule is COc1cc2nn([C@H]3CC[C@H](CO)CC3)cc2cc1NC(=O)c1ccc(F)c(C)n1. The first-order valence-corrected chi connectivity index (χ1v) is 10.1. The molecule has 1 amide bonds. The molecule has 0 bridgehead atoms. The number of ether oxygens (including phenoxy) is 1. The second-order valence-corrected chi connectivity index (χ2v) is 7.80. The number of aliphatic hydroxyl groups is 1. The molecule has 158 valence electrons. The van der Waals surface area contributed by atoms with Gasteiger partial charge < -0.3 is 15.2 Å². The van der Waals surface area contributed by atoms with Crippen molar-refractivity contribution in [2.75, 3.05) is 19.0 Å². The molecule has 1 saturated carbocycles. The predicted molar refractivity (Wildman–Crippen MR) is 111 cm³/mol. The molecular weight excluding hydrogens is 387 g/mol. The van der Waals surface area contributed by atoms with Gasteiger partial charge in [0, 0.05) is 24.3 Å². The van der Waals surface area contributed by atoms with E-state index in [-0.39, 0.29) is 18.0 Å². The summed E-state index contributed by atoms with van der Waals surface area (Å²) in [6.07, 6.45) is 5.93. The van der Waals surface area contributed by atoms with E-state index < -0.39 is 11.7 Å². The summed E-state index contributed by atoms with van der Waals surface area (Å²) in [5.74, 6) is -0.0165. The molecule has 0 aliphatic heterocycles. The van der Waals surface area contributed by atoms with Gasteiger partial charge in [-0.05, 0) is 56.7 Å². The molecule has 0 spiro atoms. The number of hydrogen-bond acceptors (Lipinski definition) is 5. The normalized spacial score (nSPS) is 19.1. The van der Waals surface area contributed by atoms with Crippen molar-refractivity contribution >= 4 is 22.5 Å². The Bertz CT molecular complexity index is 1070. The van der Waals surface area contributed by atoms with Crippen molar-refractivity contribution in [1.82, 2.24) is 14.8 Å². The molecule has 1 fully saturated rings. The average molecular weight is 412 g/mol. The van der Waals surface area contributed by atoms with Gasteiger partial charge in [-0.3, -0.25) is 9.48 Å². The largest absolute Gasteiger partial charge is 0.494 e. The number of aryl methyl sites for hydroxylation is 1. The molecule has 1 aliphatic carbocycles. The van der Waals surface area contributed by atoms with Crippen LogP contribution in [0, 0.1) is 18.7 Å². The highest BCUT2D eigenvalue weighted by molar-refractivity contribution is 6.05. The number of halogens is 1.